The summed E-state index contributed by atoms with van der Waals surface area (Å²) in [5, 5.41) is 49.2. The van der Waals surface area contributed by atoms with Crippen LogP contribution in [-0.2, 0) is 81.5 Å². The Balaban J connectivity index is 0.000000824. The Labute approximate surface area is 972 Å². The van der Waals surface area contributed by atoms with Gasteiger partial charge in [-0.05, 0) is 192 Å². The van der Waals surface area contributed by atoms with Crippen molar-refractivity contribution in [2.24, 2.45) is 87.2 Å². The molecular weight excluding hydrogens is 2030 g/mol. The van der Waals surface area contributed by atoms with Crippen LogP contribution in [-0.4, -0.2) is 228 Å². The molecule has 0 radical (unpaired) electrons. The first-order valence-electron chi connectivity index (χ1n) is 46.9. The summed E-state index contributed by atoms with van der Waals surface area (Å²) < 4.78 is 30.6. The summed E-state index contributed by atoms with van der Waals surface area (Å²) in [7, 11) is -0.0560. The van der Waals surface area contributed by atoms with E-state index in [2.05, 4.69) is 105 Å². The second kappa shape index (κ2) is 68.0. The minimum absolute atomic E-state index is 0. The fourth-order valence-electron chi connectivity index (χ4n) is 18.0. The van der Waals surface area contributed by atoms with E-state index < -0.39 is 35.9 Å². The molecule has 6 atom stereocenters. The Morgan fingerprint density at radius 2 is 0.951 bits per heavy atom. The van der Waals surface area contributed by atoms with Crippen LogP contribution >= 0.6 is 54.5 Å². The number of aromatic nitrogens is 4. The Kier molecular flexibility index (Phi) is 62.4. The molecule has 0 spiro atoms. The molecule has 13 fully saturated rings. The zero-order chi connectivity index (χ0) is 103. The first-order valence-corrected chi connectivity index (χ1v) is 49.9. The second-order valence-corrected chi connectivity index (χ2v) is 41.0. The maximum atomic E-state index is 12.9. The van der Waals surface area contributed by atoms with Crippen LogP contribution in [0.4, 0.5) is 14.4 Å². The van der Waals surface area contributed by atoms with Crippen LogP contribution in [0.15, 0.2) is 126 Å². The molecule has 7 aliphatic carbocycles. The van der Waals surface area contributed by atoms with Gasteiger partial charge in [-0.1, -0.05) is 167 Å². The van der Waals surface area contributed by atoms with Gasteiger partial charge in [0.1, 0.15) is 43.8 Å². The van der Waals surface area contributed by atoms with Gasteiger partial charge in [-0.3, -0.25) is 28.9 Å². The number of hydroxylamine groups is 6. The number of Topliss-reactive ketones (excluding diaryl/α,β-unsaturated/α-hetero) is 1. The van der Waals surface area contributed by atoms with Crippen molar-refractivity contribution in [2.45, 2.75) is 246 Å². The number of aldehydes is 2. The van der Waals surface area contributed by atoms with Crippen LogP contribution in [0.1, 0.15) is 227 Å². The number of urea groups is 3. The molecule has 38 nitrogen and oxygen atoms in total. The van der Waals surface area contributed by atoms with E-state index in [4.69, 9.17) is 110 Å². The minimum Gasteiger partial charge on any atom is -1.00 e. The predicted octanol–water partition coefficient (Wildman–Crippen LogP) is 4.90. The molecule has 144 heavy (non-hydrogen) atoms. The van der Waals surface area contributed by atoms with E-state index in [-0.39, 0.29) is 232 Å². The van der Waals surface area contributed by atoms with E-state index in [0.29, 0.717) is 88.0 Å². The van der Waals surface area contributed by atoms with Gasteiger partial charge in [0, 0.05) is 118 Å². The van der Waals surface area contributed by atoms with Crippen molar-refractivity contribution < 1.29 is 231 Å². The number of ketones is 1. The summed E-state index contributed by atoms with van der Waals surface area (Å²) in [4.78, 5) is 147. The maximum absolute atomic E-state index is 12.9. The molecule has 7 saturated carbocycles. The van der Waals surface area contributed by atoms with E-state index in [9.17, 15) is 52.5 Å². The number of hydrogen-bond acceptors (Lipinski definition) is 27. The molecule has 2 aromatic heterocycles. The SMILES string of the molecule is C#CC1CC(C)C1.C#CC1CC(C)C1.CC1CC(C=O)C1.CC1CC(C=O)C1.CC1CC(CO)C1.CC1CC(c2cc([C@@H]3CC[C@@H]4CN3C(=O)N4OCc3ccccc3)no2)C1.COC(=O)C1CC(C)C1.COP(=O)(OC)C(=[N+]=[N-])C(C)=O.O=C1N2C[C@@H](CC[C@H]2/C(Cl)=N/O)N1OCc1ccccc1.O=C1N2C[C@@H](CC[C@H]2/C=N/O)N1OCc1ccccc1.O=CO[O-].O=c1n(Cl)c(=O)n(Cl)c(=O)n1Cl.[AlH3].[H-].[H-].[K+].[K+].[Li+]. The Hall–Kier alpha value is -6.01. The van der Waals surface area contributed by atoms with Gasteiger partial charge < -0.3 is 76.6 Å². The van der Waals surface area contributed by atoms with Crippen molar-refractivity contribution in [3.05, 3.63) is 162 Å². The fourth-order valence-corrected chi connectivity index (χ4v) is 19.8. The molecular formula is C97H137AlCl4K2LiN14O24P. The number of hydrogen-bond donors (Lipinski definition) is 3. The Morgan fingerprint density at radius 1 is 0.583 bits per heavy atom. The molecule has 3 aromatic carbocycles. The van der Waals surface area contributed by atoms with Crippen molar-refractivity contribution in [1.82, 2.24) is 47.3 Å². The third-order valence-electron chi connectivity index (χ3n) is 26.2. The normalized spacial score (nSPS) is 26.4. The number of terminal acetylenes is 2. The third-order valence-corrected chi connectivity index (χ3v) is 29.3. The number of carbonyl (C=O) groups is 8. The number of oxime groups is 2. The molecule has 5 aromatic rings. The van der Waals surface area contributed by atoms with E-state index in [1.54, 1.807) is 14.9 Å². The minimum atomic E-state index is -3.70. The van der Waals surface area contributed by atoms with Crippen molar-refractivity contribution in [2.75, 3.05) is 47.6 Å². The number of aliphatic hydroxyl groups is 1. The topological polar surface area (TPSA) is 475 Å². The number of fused-ring (bicyclic) bond motifs is 6. The summed E-state index contributed by atoms with van der Waals surface area (Å²) in [5.41, 5.74) is 8.23. The number of esters is 1. The van der Waals surface area contributed by atoms with Crippen LogP contribution in [0.2, 0.25) is 0 Å². The van der Waals surface area contributed by atoms with Crippen LogP contribution < -0.4 is 144 Å². The molecule has 6 aliphatic heterocycles. The zero-order valence-corrected chi connectivity index (χ0v) is 94.1. The molecule has 3 N–H and O–H groups in total. The number of ether oxygens (including phenoxy) is 1. The van der Waals surface area contributed by atoms with E-state index in [1.807, 2.05) is 95.9 Å². The fraction of sp³-hybridized carbons (Fsp3) is 0.598. The van der Waals surface area contributed by atoms with E-state index in [0.717, 1.165) is 174 Å². The molecule has 47 heteroatoms. The number of amides is 6. The smallest absolute Gasteiger partial charge is 1.00 e. The number of rotatable bonds is 22. The van der Waals surface area contributed by atoms with Crippen molar-refractivity contribution in [3.63, 3.8) is 0 Å². The predicted molar refractivity (Wildman–Crippen MR) is 531 cm³/mol. The Morgan fingerprint density at radius 3 is 1.26 bits per heavy atom. The summed E-state index contributed by atoms with van der Waals surface area (Å²) in [6.45, 7) is 19.8. The van der Waals surface area contributed by atoms with E-state index >= 15 is 0 Å². The van der Waals surface area contributed by atoms with Gasteiger partial charge in [-0.15, -0.1) is 36.9 Å². The van der Waals surface area contributed by atoms with Gasteiger partial charge in [-0.2, -0.15) is 20.0 Å². The number of methoxy groups -OCH3 is 1. The number of halogens is 4. The summed E-state index contributed by atoms with van der Waals surface area (Å²) in [6.07, 6.45) is 35.2. The van der Waals surface area contributed by atoms with Gasteiger partial charge in [0.15, 0.2) is 22.5 Å². The number of piperidine rings is 3. The number of aliphatic hydroxyl groups excluding tert-OH is 1. The number of benzene rings is 3. The first-order chi connectivity index (χ1) is 66.9. The molecule has 6 saturated heterocycles. The molecule has 8 heterocycles. The van der Waals surface area contributed by atoms with Crippen LogP contribution in [0.5, 0.6) is 0 Å². The van der Waals surface area contributed by atoms with Crippen molar-refractivity contribution >= 4 is 138 Å². The molecule has 6 bridgehead atoms. The van der Waals surface area contributed by atoms with Crippen molar-refractivity contribution in [3.8, 4) is 24.7 Å². The second-order valence-electron chi connectivity index (χ2n) is 37.4. The summed E-state index contributed by atoms with van der Waals surface area (Å²) in [5.74, 6) is 15.0. The third kappa shape index (κ3) is 40.0. The van der Waals surface area contributed by atoms with Crippen molar-refractivity contribution in [1.29, 1.82) is 0 Å². The average Bonchev–Trinajstić information content (AvgIpc) is 1.60. The van der Waals surface area contributed by atoms with Gasteiger partial charge >= 0.3 is 176 Å². The molecule has 18 rings (SSSR count). The molecule has 0 unspecified atom stereocenters. The molecule has 778 valence electrons. The Bertz CT molecular complexity index is 5100. The van der Waals surface area contributed by atoms with Gasteiger partial charge in [0.25, 0.3) is 6.47 Å². The largest absolute Gasteiger partial charge is 1.00 e. The molecule has 6 amide bonds. The summed E-state index contributed by atoms with van der Waals surface area (Å²) in [6, 6.07) is 30.8. The van der Waals surface area contributed by atoms with Crippen LogP contribution in [0, 0.1) is 102 Å². The van der Waals surface area contributed by atoms with Crippen LogP contribution in [0.25, 0.3) is 5.53 Å². The number of carbonyl (C=O) groups excluding carboxylic acids is 8. The number of nitrogens with zero attached hydrogens (tertiary/aromatic N) is 14. The van der Waals surface area contributed by atoms with Gasteiger partial charge in [0.2, 0.25) is 5.78 Å². The standard InChI is InChI=1S/C21H25N3O3.C14H16ClN3O3.C14H17N3O3.C7H12O2.2C7H10.C6H12O.2C6H10O.C5H9N2O4P.C3Cl3N3O3.CH2O3.Al.2K.Li.5H/c1-14-9-16(10-14)20-11-18(22-27-20)19-8-7-17-12-23(19)21(25)24(17)26-13-15-5-3-2-4-6-15;15-13(16-20)12-7-6-11-8-17(12)14(19)18(11)21-9-10-4-2-1-3-5-10;18-14-16-9-13(7-6-12(16)8-15-19)17(14)20-10-11-4-2-1-3-5-11;1-5-3-6(4-5)7(8)9-2;2*1-3-7-4-6(2)5-7;3*1-5-2-6(3-5)4-7;1-4(8)5(7-6)12(9,10-2)11-3;4-7-1(10)8(5)3(12)9(6)2(7)11;2-1-4-3;;;;;;;;;/h2-6,11,14,16-17,19H,7-10,12-13H2,1H3;1-5,11-12,20H,6-9H2;1-5,8,12-13,19H,6-7,9-10H2;5-6H,3-4H2,1-2H3;2*1,6-7H,4-5H2,2H3;5-7H,2-4H2,1H3;2*4-6H,2-3H2,1H3;1-3H3;;1,3H;;;;;;;;;/q;;;;;;;;;;;;;3*+1;;;;2*-1/p-1/b;16-13-;15-8+;;;;;;;;;;;;;;;;;;/t14?,16?,17-,19+;11-,12+;12-,13+;;;;;;;;;;;;;;;;;;/m110................../s1. The quantitative estimate of drug-likeness (QED) is 0.00708. The van der Waals surface area contributed by atoms with Crippen LogP contribution in [0.3, 0.4) is 0 Å². The summed E-state index contributed by atoms with van der Waals surface area (Å²) >= 11 is 21.2. The first kappa shape index (κ1) is 132. The monoisotopic (exact) mass is 2160 g/mol. The van der Waals surface area contributed by atoms with E-state index in [1.165, 1.54) is 74.8 Å². The average molecular weight is 2170 g/mol. The van der Waals surface area contributed by atoms with Gasteiger partial charge in [0.05, 0.1) is 55.5 Å². The zero-order valence-electron chi connectivity index (χ0n) is 86.0. The van der Waals surface area contributed by atoms with Gasteiger partial charge in [-0.25, -0.2) is 33.3 Å². The molecule has 13 aliphatic rings. The maximum Gasteiger partial charge on any atom is 1.00 e.